The fourth-order valence-corrected chi connectivity index (χ4v) is 1.98. The zero-order chi connectivity index (χ0) is 14.4. The van der Waals surface area contributed by atoms with Gasteiger partial charge in [0.05, 0.1) is 19.6 Å². The van der Waals surface area contributed by atoms with Gasteiger partial charge in [0.2, 0.25) is 5.91 Å². The Hall–Kier alpha value is -1.98. The summed E-state index contributed by atoms with van der Waals surface area (Å²) < 4.78 is 5.13. The van der Waals surface area contributed by atoms with E-state index in [0.29, 0.717) is 12.0 Å². The third-order valence-electron chi connectivity index (χ3n) is 3.01. The first-order chi connectivity index (χ1) is 9.70. The molecule has 0 spiro atoms. The Balaban J connectivity index is 2.07. The number of ketones is 1. The predicted molar refractivity (Wildman–Crippen MR) is 72.6 cm³/mol. The molecule has 5 heteroatoms. The molecule has 1 aromatic rings. The van der Waals surface area contributed by atoms with Gasteiger partial charge in [-0.1, -0.05) is 30.3 Å². The van der Waals surface area contributed by atoms with Gasteiger partial charge >= 0.3 is 0 Å². The van der Waals surface area contributed by atoms with Crippen molar-refractivity contribution in [3.8, 4) is 0 Å². The molecule has 0 aliphatic carbocycles. The first-order valence-electron chi connectivity index (χ1n) is 6.46. The molecule has 1 aliphatic heterocycles. The van der Waals surface area contributed by atoms with E-state index >= 15 is 0 Å². The van der Waals surface area contributed by atoms with E-state index in [4.69, 9.17) is 9.84 Å². The second kappa shape index (κ2) is 6.98. The third-order valence-corrected chi connectivity index (χ3v) is 3.01. The monoisotopic (exact) mass is 275 g/mol. The Morgan fingerprint density at radius 1 is 1.20 bits per heavy atom. The summed E-state index contributed by atoms with van der Waals surface area (Å²) in [6, 6.07) is 9.63. The number of carbonyl (C=O) groups excluding carboxylic acids is 2. The third kappa shape index (κ3) is 3.76. The number of amides is 1. The molecular weight excluding hydrogens is 258 g/mol. The molecule has 1 amide bonds. The summed E-state index contributed by atoms with van der Waals surface area (Å²) in [7, 11) is 0. The van der Waals surface area contributed by atoms with Crippen LogP contribution in [0.1, 0.15) is 12.0 Å². The van der Waals surface area contributed by atoms with Crippen LogP contribution in [-0.2, 0) is 20.7 Å². The van der Waals surface area contributed by atoms with Crippen molar-refractivity contribution in [2.75, 3.05) is 19.9 Å². The molecule has 0 saturated carbocycles. The van der Waals surface area contributed by atoms with E-state index in [9.17, 15) is 9.59 Å². The fourth-order valence-electron chi connectivity index (χ4n) is 1.98. The minimum atomic E-state index is -0.273. The highest BCUT2D eigenvalue weighted by Crippen LogP contribution is 2.17. The molecule has 0 bridgehead atoms. The molecule has 0 atom stereocenters. The number of Topliss-reactive ketones (excluding diaryl/α,β-unsaturated/α-hetero) is 1. The van der Waals surface area contributed by atoms with Gasteiger partial charge in [0, 0.05) is 18.2 Å². The van der Waals surface area contributed by atoms with Crippen molar-refractivity contribution in [2.24, 2.45) is 0 Å². The SMILES string of the molecule is O=C1CC(=O)N(COCCO)C=C1Cc1ccccc1. The van der Waals surface area contributed by atoms with E-state index in [1.54, 1.807) is 6.20 Å². The van der Waals surface area contributed by atoms with Crippen LogP contribution in [0, 0.1) is 0 Å². The summed E-state index contributed by atoms with van der Waals surface area (Å²) in [5, 5.41) is 8.65. The second-order valence-corrected chi connectivity index (χ2v) is 4.54. The highest BCUT2D eigenvalue weighted by Gasteiger charge is 2.25. The number of nitrogens with zero attached hydrogens (tertiary/aromatic N) is 1. The van der Waals surface area contributed by atoms with E-state index in [-0.39, 0.29) is 38.1 Å². The standard InChI is InChI=1S/C15H17NO4/c17-6-7-20-11-16-10-13(14(18)9-15(16)19)8-12-4-2-1-3-5-12/h1-5,10,17H,6-9,11H2. The van der Waals surface area contributed by atoms with Crippen LogP contribution in [0.15, 0.2) is 42.1 Å². The number of hydrogen-bond acceptors (Lipinski definition) is 4. The maximum absolute atomic E-state index is 11.9. The van der Waals surface area contributed by atoms with Crippen molar-refractivity contribution in [2.45, 2.75) is 12.8 Å². The van der Waals surface area contributed by atoms with Crippen molar-refractivity contribution in [3.63, 3.8) is 0 Å². The fraction of sp³-hybridized carbons (Fsp3) is 0.333. The lowest BCUT2D eigenvalue weighted by molar-refractivity contribution is -0.137. The van der Waals surface area contributed by atoms with Gasteiger partial charge < -0.3 is 9.84 Å². The van der Waals surface area contributed by atoms with Gasteiger partial charge in [0.25, 0.3) is 0 Å². The summed E-state index contributed by atoms with van der Waals surface area (Å²) in [5.41, 5.74) is 1.63. The average Bonchev–Trinajstić information content (AvgIpc) is 2.45. The molecule has 20 heavy (non-hydrogen) atoms. The number of allylic oxidation sites excluding steroid dienone is 1. The lowest BCUT2D eigenvalue weighted by Crippen LogP contribution is -2.35. The Morgan fingerprint density at radius 3 is 2.65 bits per heavy atom. The normalized spacial score (nSPS) is 15.4. The molecule has 5 nitrogen and oxygen atoms in total. The molecular formula is C15H17NO4. The number of benzene rings is 1. The topological polar surface area (TPSA) is 66.8 Å². The minimum absolute atomic E-state index is 0.0605. The lowest BCUT2D eigenvalue weighted by atomic mass is 9.98. The molecule has 0 unspecified atom stereocenters. The van der Waals surface area contributed by atoms with Crippen molar-refractivity contribution in [1.29, 1.82) is 0 Å². The Morgan fingerprint density at radius 2 is 1.95 bits per heavy atom. The summed E-state index contributed by atoms with van der Waals surface area (Å²) >= 11 is 0. The lowest BCUT2D eigenvalue weighted by Gasteiger charge is -2.24. The number of rotatable bonds is 6. The summed E-state index contributed by atoms with van der Waals surface area (Å²) in [6.45, 7) is 0.131. The molecule has 0 aromatic heterocycles. The van der Waals surface area contributed by atoms with Crippen molar-refractivity contribution in [3.05, 3.63) is 47.7 Å². The van der Waals surface area contributed by atoms with Gasteiger partial charge in [-0.25, -0.2) is 0 Å². The van der Waals surface area contributed by atoms with Crippen LogP contribution in [0.2, 0.25) is 0 Å². The largest absolute Gasteiger partial charge is 0.394 e. The molecule has 1 aliphatic rings. The second-order valence-electron chi connectivity index (χ2n) is 4.54. The van der Waals surface area contributed by atoms with Crippen molar-refractivity contribution in [1.82, 2.24) is 4.90 Å². The van der Waals surface area contributed by atoms with Crippen LogP contribution in [0.5, 0.6) is 0 Å². The average molecular weight is 275 g/mol. The van der Waals surface area contributed by atoms with Crippen molar-refractivity contribution >= 4 is 11.7 Å². The number of aliphatic hydroxyl groups is 1. The molecule has 106 valence electrons. The number of ether oxygens (including phenoxy) is 1. The summed E-state index contributed by atoms with van der Waals surface area (Å²) in [5.74, 6) is -0.415. The predicted octanol–water partition coefficient (Wildman–Crippen LogP) is 0.881. The van der Waals surface area contributed by atoms with Gasteiger partial charge in [0.1, 0.15) is 6.73 Å². The Labute approximate surface area is 117 Å². The number of carbonyl (C=O) groups is 2. The quantitative estimate of drug-likeness (QED) is 0.618. The van der Waals surface area contributed by atoms with Crippen LogP contribution in [0.4, 0.5) is 0 Å². The minimum Gasteiger partial charge on any atom is -0.394 e. The zero-order valence-electron chi connectivity index (χ0n) is 11.1. The highest BCUT2D eigenvalue weighted by atomic mass is 16.5. The van der Waals surface area contributed by atoms with E-state index in [0.717, 1.165) is 5.56 Å². The van der Waals surface area contributed by atoms with E-state index < -0.39 is 0 Å². The van der Waals surface area contributed by atoms with Crippen LogP contribution in [0.3, 0.4) is 0 Å². The summed E-state index contributed by atoms with van der Waals surface area (Å²) in [6.07, 6.45) is 1.93. The van der Waals surface area contributed by atoms with Crippen LogP contribution in [-0.4, -0.2) is 41.6 Å². The molecule has 2 rings (SSSR count). The molecule has 0 saturated heterocycles. The first-order valence-corrected chi connectivity index (χ1v) is 6.46. The van der Waals surface area contributed by atoms with Crippen LogP contribution >= 0.6 is 0 Å². The van der Waals surface area contributed by atoms with Crippen LogP contribution < -0.4 is 0 Å². The van der Waals surface area contributed by atoms with Gasteiger partial charge in [0.15, 0.2) is 5.78 Å². The van der Waals surface area contributed by atoms with Gasteiger partial charge in [-0.05, 0) is 5.56 Å². The molecule has 1 heterocycles. The zero-order valence-corrected chi connectivity index (χ0v) is 11.1. The maximum Gasteiger partial charge on any atom is 0.236 e. The van der Waals surface area contributed by atoms with E-state index in [1.165, 1.54) is 4.90 Å². The Kier molecular flexibility index (Phi) is 5.03. The number of hydrogen-bond donors (Lipinski definition) is 1. The molecule has 0 fully saturated rings. The smallest absolute Gasteiger partial charge is 0.236 e. The van der Waals surface area contributed by atoms with E-state index in [1.807, 2.05) is 30.3 Å². The van der Waals surface area contributed by atoms with Crippen molar-refractivity contribution < 1.29 is 19.4 Å². The van der Waals surface area contributed by atoms with Gasteiger partial charge in [-0.2, -0.15) is 0 Å². The number of aliphatic hydroxyl groups excluding tert-OH is 1. The summed E-state index contributed by atoms with van der Waals surface area (Å²) in [4.78, 5) is 25.0. The molecule has 1 N–H and O–H groups in total. The van der Waals surface area contributed by atoms with E-state index in [2.05, 4.69) is 0 Å². The highest BCUT2D eigenvalue weighted by molar-refractivity contribution is 6.09. The maximum atomic E-state index is 11.9. The molecule has 0 radical (unpaired) electrons. The van der Waals surface area contributed by atoms with Crippen LogP contribution in [0.25, 0.3) is 0 Å². The van der Waals surface area contributed by atoms with Gasteiger partial charge in [-0.15, -0.1) is 0 Å². The first kappa shape index (κ1) is 14.4. The molecule has 1 aromatic carbocycles. The van der Waals surface area contributed by atoms with Gasteiger partial charge in [-0.3, -0.25) is 14.5 Å². The Bertz CT molecular complexity index is 510.